The van der Waals surface area contributed by atoms with Gasteiger partial charge in [-0.25, -0.2) is 0 Å². The number of halogens is 2. The zero-order chi connectivity index (χ0) is 55.0. The molecule has 12 aliphatic carbocycles. The van der Waals surface area contributed by atoms with Gasteiger partial charge in [-0.3, -0.25) is 24.0 Å². The van der Waals surface area contributed by atoms with Crippen molar-refractivity contribution in [2.24, 2.45) is 34.0 Å². The molecule has 6 saturated carbocycles. The Bertz CT molecular complexity index is 2800. The van der Waals surface area contributed by atoms with Crippen molar-refractivity contribution in [2.45, 2.75) is 151 Å². The highest BCUT2D eigenvalue weighted by molar-refractivity contribution is 6.07. The van der Waals surface area contributed by atoms with Crippen LogP contribution in [0.4, 0.5) is 0 Å². The largest absolute Gasteiger partial charge is 1.00 e. The molecule has 16 heteroatoms. The number of piperidine rings is 3. The lowest BCUT2D eigenvalue weighted by atomic mass is 9.48. The number of quaternary nitrogens is 3. The lowest BCUT2D eigenvalue weighted by Crippen LogP contribution is -3.00. The third-order valence-corrected chi connectivity index (χ3v) is 23.2. The van der Waals surface area contributed by atoms with Gasteiger partial charge in [0.15, 0.2) is 17.3 Å². The number of aliphatic hydroxyl groups excluding tert-OH is 3. The van der Waals surface area contributed by atoms with Crippen LogP contribution in [0.15, 0.2) is 118 Å². The number of fused-ring (bicyclic) bond motifs is 3. The minimum atomic E-state index is -1.08. The van der Waals surface area contributed by atoms with Crippen LogP contribution in [0.5, 0.6) is 0 Å². The van der Waals surface area contributed by atoms with E-state index in [-0.39, 0.29) is 114 Å². The molecule has 9 fully saturated rings. The zero-order valence-corrected chi connectivity index (χ0v) is 51.4. The average Bonchev–Trinajstić information content (AvgIpc) is 4.48. The van der Waals surface area contributed by atoms with Crippen LogP contribution in [-0.4, -0.2) is 168 Å². The maximum absolute atomic E-state index is 12.4. The second-order valence-corrected chi connectivity index (χ2v) is 28.1. The number of ketones is 5. The fourth-order valence-corrected chi connectivity index (χ4v) is 18.8. The van der Waals surface area contributed by atoms with Gasteiger partial charge < -0.3 is 92.5 Å². The van der Waals surface area contributed by atoms with E-state index in [0.717, 1.165) is 106 Å². The fraction of sp³-hybridized carbons (Fsp3) is 0.600. The van der Waals surface area contributed by atoms with E-state index < -0.39 is 44.6 Å². The minimum absolute atomic E-state index is 0. The second-order valence-electron chi connectivity index (χ2n) is 28.1. The zero-order valence-electron chi connectivity index (χ0n) is 47.7. The van der Waals surface area contributed by atoms with E-state index in [0.29, 0.717) is 68.1 Å². The van der Waals surface area contributed by atoms with Crippen molar-refractivity contribution >= 4 is 28.9 Å². The van der Waals surface area contributed by atoms with Gasteiger partial charge in [-0.15, -0.1) is 0 Å². The Hall–Kier alpha value is -3.88. The van der Waals surface area contributed by atoms with Crippen LogP contribution in [0.25, 0.3) is 0 Å². The summed E-state index contributed by atoms with van der Waals surface area (Å²) in [5, 5.41) is 68.0. The van der Waals surface area contributed by atoms with Gasteiger partial charge in [0, 0.05) is 95.7 Å². The molecule has 0 aromatic heterocycles. The van der Waals surface area contributed by atoms with E-state index in [1.807, 2.05) is 6.08 Å². The van der Waals surface area contributed by atoms with Crippen LogP contribution in [0.2, 0.25) is 0 Å². The van der Waals surface area contributed by atoms with E-state index in [1.54, 1.807) is 12.2 Å². The molecule has 3 aliphatic heterocycles. The van der Waals surface area contributed by atoms with Gasteiger partial charge in [0.1, 0.15) is 46.5 Å². The van der Waals surface area contributed by atoms with Gasteiger partial charge in [-0.1, -0.05) is 30.4 Å². The number of aliphatic hydroxyl groups is 6. The Kier molecular flexibility index (Phi) is 15.0. The molecule has 15 aliphatic rings. The van der Waals surface area contributed by atoms with Crippen molar-refractivity contribution in [2.75, 3.05) is 60.4 Å². The maximum Gasteiger partial charge on any atom is 0.220 e. The Balaban J connectivity index is 0.000000134. The molecule has 6 N–H and O–H groups in total. The van der Waals surface area contributed by atoms with E-state index >= 15 is 0 Å². The molecule has 12 atom stereocenters. The lowest BCUT2D eigenvalue weighted by molar-refractivity contribution is -0.944. The van der Waals surface area contributed by atoms with Crippen LogP contribution >= 0.6 is 0 Å². The average molecular weight is 1290 g/mol. The summed E-state index contributed by atoms with van der Waals surface area (Å²) in [5.74, 6) is 0.576. The molecule has 0 aromatic rings. The molecule has 3 saturated heterocycles. The standard InChI is InChI=1S/C22H27NO3.2C21H25NO4.CH3.BrH.HI/c1-14-7-8-22(26)18-11-16-5-6-17(24)20(25)19(16)21(22,12-14)9-10-23(18,2)13-15-3-4-15;2*1-22(12-13-2-3-13)9-8-20-11-15(23)6-7-21(20,26)17(22)10-14-4-5-16(24)19(25)18(14)20;;;/h5-6,11,15,18,26H,1,3-4,7-10,12-13H2,2H3;2*4-5,10,13,17,26H,2-3,6-9,11-12H2,1H3;1H3;2*1H/q;;;-1;;/p+1/t18-,21-,22-,23?;2*17-,20-,21-,22?;;;/m111.../s1. The molecule has 0 spiro atoms. The van der Waals surface area contributed by atoms with Crippen molar-refractivity contribution < 1.29 is 109 Å². The summed E-state index contributed by atoms with van der Waals surface area (Å²) in [5.41, 5.74) is 0.107. The third kappa shape index (κ3) is 8.79. The predicted octanol–water partition coefficient (Wildman–Crippen LogP) is 1.38. The Morgan fingerprint density at radius 3 is 1.05 bits per heavy atom. The van der Waals surface area contributed by atoms with E-state index in [1.165, 1.54) is 56.8 Å². The molecular formula is C65H83BrIN3O11. The van der Waals surface area contributed by atoms with Crippen LogP contribution in [0.1, 0.15) is 116 Å². The van der Waals surface area contributed by atoms with E-state index in [9.17, 15) is 54.6 Å². The molecule has 3 unspecified atom stereocenters. The molecule has 15 rings (SSSR count). The first-order chi connectivity index (χ1) is 36.9. The maximum atomic E-state index is 12.4. The summed E-state index contributed by atoms with van der Waals surface area (Å²) in [6.45, 7) is 10.1. The number of likely N-dealkylation sites (N-methyl/N-ethyl adjacent to an activating group) is 3. The number of carbonyl (C=O) groups excluding carboxylic acids is 5. The van der Waals surface area contributed by atoms with Gasteiger partial charge in [-0.05, 0) is 124 Å². The van der Waals surface area contributed by atoms with E-state index in [4.69, 9.17) is 0 Å². The van der Waals surface area contributed by atoms with Crippen molar-refractivity contribution in [1.82, 2.24) is 0 Å². The number of Topliss-reactive ketones (excluding diaryl/α,β-unsaturated/α-hetero) is 2. The minimum Gasteiger partial charge on any atom is -1.00 e. The Morgan fingerprint density at radius 1 is 0.469 bits per heavy atom. The number of likely N-dealkylation sites (tertiary alicyclic amines) is 3. The number of rotatable bonds is 6. The van der Waals surface area contributed by atoms with Gasteiger partial charge in [0.05, 0.1) is 60.4 Å². The molecule has 0 radical (unpaired) electrons. The normalized spacial score (nSPS) is 42.9. The fourth-order valence-electron chi connectivity index (χ4n) is 18.8. The van der Waals surface area contributed by atoms with Crippen molar-refractivity contribution in [3.05, 3.63) is 125 Å². The SMILES string of the molecule is C=C1CC[C@@]2(O)[C@H]3C=C4C=CC(=O)C(O)=C4[C@@]2(CC[N+]3(C)CC2CC2)C1.C[N+]1(CC2CC2)CC[C@]23CC(=O)CC[C@@]2(O)[C@H]1C=C1C=CC(=O)C(O)=C13.C[N+]1(CC2CC2)CC[C@]23CC(=O)CC[C@@]2(O)[C@H]1C=C1C=CC(=O)C(O)=C13.[Br-].[CH3-].[I-]. The van der Waals surface area contributed by atoms with Gasteiger partial charge in [0.2, 0.25) is 17.3 Å². The van der Waals surface area contributed by atoms with Crippen LogP contribution in [0, 0.1) is 41.4 Å². The molecule has 14 nitrogen and oxygen atoms in total. The smallest absolute Gasteiger partial charge is 0.220 e. The van der Waals surface area contributed by atoms with Gasteiger partial charge >= 0.3 is 0 Å². The molecule has 438 valence electrons. The van der Waals surface area contributed by atoms with Crippen LogP contribution in [-0.2, 0) is 24.0 Å². The summed E-state index contributed by atoms with van der Waals surface area (Å²) < 4.78 is 2.45. The summed E-state index contributed by atoms with van der Waals surface area (Å²) in [7, 11) is 6.74. The summed E-state index contributed by atoms with van der Waals surface area (Å²) >= 11 is 0. The third-order valence-electron chi connectivity index (χ3n) is 23.2. The highest BCUT2D eigenvalue weighted by Gasteiger charge is 2.73. The van der Waals surface area contributed by atoms with E-state index in [2.05, 4.69) is 46.0 Å². The first-order valence-corrected chi connectivity index (χ1v) is 29.4. The number of hydrogen-bond donors (Lipinski definition) is 6. The molecule has 81 heavy (non-hydrogen) atoms. The quantitative estimate of drug-likeness (QED) is 0.0971. The monoisotopic (exact) mass is 1290 g/mol. The van der Waals surface area contributed by atoms with Crippen LogP contribution < -0.4 is 41.0 Å². The molecule has 6 bridgehead atoms. The van der Waals surface area contributed by atoms with Crippen molar-refractivity contribution in [3.8, 4) is 0 Å². The number of hydrogen-bond acceptors (Lipinski definition) is 11. The van der Waals surface area contributed by atoms with Crippen molar-refractivity contribution in [3.63, 3.8) is 0 Å². The summed E-state index contributed by atoms with van der Waals surface area (Å²) in [6.07, 6.45) is 29.8. The molecule has 0 aromatic carbocycles. The summed E-state index contributed by atoms with van der Waals surface area (Å²) in [6, 6.07) is -0.196. The van der Waals surface area contributed by atoms with Gasteiger partial charge in [0.25, 0.3) is 0 Å². The van der Waals surface area contributed by atoms with Crippen LogP contribution in [0.3, 0.4) is 0 Å². The molecule has 3 heterocycles. The molecule has 0 amide bonds. The van der Waals surface area contributed by atoms with Crippen molar-refractivity contribution in [1.29, 1.82) is 0 Å². The van der Waals surface area contributed by atoms with Gasteiger partial charge in [-0.2, -0.15) is 0 Å². The number of carbonyl (C=O) groups is 5. The topological polar surface area (TPSA) is 207 Å². The Morgan fingerprint density at radius 2 is 0.753 bits per heavy atom. The highest BCUT2D eigenvalue weighted by Crippen LogP contribution is 2.67. The second kappa shape index (κ2) is 20.1. The predicted molar refractivity (Wildman–Crippen MR) is 296 cm³/mol. The molecular weight excluding hydrogens is 1210 g/mol. The lowest BCUT2D eigenvalue weighted by Gasteiger charge is -2.65. The highest BCUT2D eigenvalue weighted by atomic mass is 127. The first kappa shape index (κ1) is 60.2. The number of nitrogens with zero attached hydrogens (tertiary/aromatic N) is 3. The Labute approximate surface area is 504 Å². The number of allylic oxidation sites excluding steroid dienone is 10. The first-order valence-electron chi connectivity index (χ1n) is 29.4. The summed E-state index contributed by atoms with van der Waals surface area (Å²) in [4.78, 5) is 61.4.